The number of urea groups is 1. The topological polar surface area (TPSA) is 391 Å². The van der Waals surface area contributed by atoms with Crippen LogP contribution < -0.4 is 58.9 Å². The summed E-state index contributed by atoms with van der Waals surface area (Å²) in [7, 11) is 0. The van der Waals surface area contributed by atoms with Gasteiger partial charge in [0.2, 0.25) is 53.2 Å². The summed E-state index contributed by atoms with van der Waals surface area (Å²) in [5, 5.41) is 37.0. The van der Waals surface area contributed by atoms with E-state index < -0.39 is 103 Å². The van der Waals surface area contributed by atoms with E-state index >= 15 is 0 Å². The van der Waals surface area contributed by atoms with Gasteiger partial charge in [-0.3, -0.25) is 47.8 Å². The van der Waals surface area contributed by atoms with Crippen molar-refractivity contribution in [3.05, 3.63) is 47.9 Å². The van der Waals surface area contributed by atoms with E-state index in [2.05, 4.69) is 68.5 Å². The zero-order valence-electron chi connectivity index (χ0n) is 49.1. The van der Waals surface area contributed by atoms with E-state index in [0.29, 0.717) is 55.5 Å². The molecule has 28 nitrogen and oxygen atoms in total. The van der Waals surface area contributed by atoms with Gasteiger partial charge in [0.15, 0.2) is 0 Å². The maximum absolute atomic E-state index is 14.3. The van der Waals surface area contributed by atoms with Crippen LogP contribution in [0.1, 0.15) is 97.2 Å². The molecule has 6 rings (SSSR count). The number of thioether (sulfide) groups is 1. The normalized spacial score (nSPS) is 24.2. The number of fused-ring (bicyclic) bond motifs is 4. The summed E-state index contributed by atoms with van der Waals surface area (Å²) < 4.78 is 18.2. The number of nitrogens with one attached hydrogen (secondary N) is 11. The first-order valence-corrected chi connectivity index (χ1v) is 30.3. The van der Waals surface area contributed by atoms with E-state index in [1.807, 2.05) is 49.9 Å². The zero-order chi connectivity index (χ0) is 61.4. The highest BCUT2D eigenvalue weighted by atomic mass is 32.2. The van der Waals surface area contributed by atoms with E-state index in [-0.39, 0.29) is 82.1 Å². The second-order valence-corrected chi connectivity index (χ2v) is 23.6. The van der Waals surface area contributed by atoms with E-state index in [1.54, 1.807) is 26.2 Å². The molecule has 3 aliphatic rings. The molecule has 5 heterocycles. The number of para-hydroxylation sites is 1. The minimum Gasteiger partial charge on any atom is -0.377 e. The molecule has 0 unspecified atom stereocenters. The van der Waals surface area contributed by atoms with Crippen molar-refractivity contribution in [2.75, 3.05) is 58.5 Å². The molecule has 29 heteroatoms. The number of ether oxygens (including phenoxy) is 3. The van der Waals surface area contributed by atoms with Crippen LogP contribution in [-0.4, -0.2) is 191 Å². The second-order valence-electron chi connectivity index (χ2n) is 22.3. The molecule has 1 aromatic carbocycles. The lowest BCUT2D eigenvalue weighted by Gasteiger charge is -2.27. The number of primary amides is 1. The Bertz CT molecular complexity index is 2760. The number of aromatic amines is 1. The lowest BCUT2D eigenvalue weighted by atomic mass is 10.0. The van der Waals surface area contributed by atoms with E-state index in [9.17, 15) is 47.9 Å². The van der Waals surface area contributed by atoms with Crippen LogP contribution in [0.4, 0.5) is 4.79 Å². The van der Waals surface area contributed by atoms with Crippen LogP contribution in [0.3, 0.4) is 0 Å². The van der Waals surface area contributed by atoms with Gasteiger partial charge >= 0.3 is 6.03 Å². The van der Waals surface area contributed by atoms with Crippen LogP contribution in [0.2, 0.25) is 0 Å². The Hall–Kier alpha value is -7.37. The third kappa shape index (κ3) is 21.9. The molecular formula is C56H85N15O13S. The highest BCUT2D eigenvalue weighted by Gasteiger charge is 2.42. The van der Waals surface area contributed by atoms with Crippen LogP contribution in [0.5, 0.6) is 0 Å². The Morgan fingerprint density at radius 1 is 0.800 bits per heavy atom. The molecular weight excluding hydrogens is 1120 g/mol. The summed E-state index contributed by atoms with van der Waals surface area (Å²) >= 11 is 1.85. The molecule has 0 spiro atoms. The summed E-state index contributed by atoms with van der Waals surface area (Å²) in [4.78, 5) is 136. The number of nitrogens with two attached hydrogens (primary N) is 1. The fourth-order valence-electron chi connectivity index (χ4n) is 10.0. The molecule has 468 valence electrons. The van der Waals surface area contributed by atoms with Crippen molar-refractivity contribution in [3.8, 4) is 0 Å². The summed E-state index contributed by atoms with van der Waals surface area (Å²) in [5.41, 5.74) is 7.42. The maximum Gasteiger partial charge on any atom is 0.315 e. The third-order valence-corrected chi connectivity index (χ3v) is 16.1. The fourth-order valence-corrected chi connectivity index (χ4v) is 11.6. The lowest BCUT2D eigenvalue weighted by Crippen LogP contribution is -2.60. The zero-order valence-corrected chi connectivity index (χ0v) is 49.9. The van der Waals surface area contributed by atoms with Gasteiger partial charge in [-0.2, -0.15) is 11.8 Å². The average Bonchev–Trinajstić information content (AvgIpc) is 3.88. The minimum atomic E-state index is -1.30. The van der Waals surface area contributed by atoms with Crippen molar-refractivity contribution >= 4 is 81.9 Å². The first-order valence-electron chi connectivity index (χ1n) is 29.2. The number of carbonyl (C=O) groups is 10. The molecule has 0 radical (unpaired) electrons. The first kappa shape index (κ1) is 66.8. The molecule has 3 aliphatic heterocycles. The molecule has 2 bridgehead atoms. The highest BCUT2D eigenvalue weighted by Crippen LogP contribution is 2.33. The summed E-state index contributed by atoms with van der Waals surface area (Å²) in [6.45, 7) is 9.08. The number of hydrogen-bond donors (Lipinski definition) is 12. The summed E-state index contributed by atoms with van der Waals surface area (Å²) in [6.07, 6.45) is 7.25. The first-order chi connectivity index (χ1) is 40.7. The van der Waals surface area contributed by atoms with Gasteiger partial charge in [0.1, 0.15) is 42.9 Å². The van der Waals surface area contributed by atoms with Gasteiger partial charge in [-0.25, -0.2) is 4.79 Å². The van der Waals surface area contributed by atoms with Gasteiger partial charge in [-0.15, -0.1) is 5.10 Å². The van der Waals surface area contributed by atoms with Gasteiger partial charge in [0.05, 0.1) is 57.4 Å². The van der Waals surface area contributed by atoms with Crippen LogP contribution >= 0.6 is 11.8 Å². The number of amides is 11. The molecule has 0 saturated carbocycles. The van der Waals surface area contributed by atoms with Crippen molar-refractivity contribution in [3.63, 3.8) is 0 Å². The molecule has 13 N–H and O–H groups in total. The molecule has 3 aromatic rings. The Labute approximate surface area is 498 Å². The standard InChI is InChI=1S/C56H85N15O13S/c1-32(2)24-40-52(77)60-28-46(73)62-39(50(57)75)14-10-11-18-71-29-36(69-70-71)26-42(63-47(74)30-84-23-22-83-21-20-82-19-17-58-45(72)16-9-8-15-44-49-43(31-85-44)66-56(81)68-49)54(79)67-48(33(3)4)55(80)61-34(5)51(76)64-41(53(78)65-40)25-35-27-59-38-13-7-6-12-37(35)38/h6-7,12-13,27,29,32-34,39-44,48-49,59H,8-11,14-26,28,30-31H2,1-5H3,(H2,57,75)(H,58,72)(H,60,77)(H,61,80)(H,62,73)(H,63,74)(H,64,76)(H,65,78)(H,67,79)(H2,66,68,81)/t34-,39+,40-,41-,42+,43-,44-,48-,49-/m1/s1. The lowest BCUT2D eigenvalue weighted by molar-refractivity contribution is -0.136. The SMILES string of the molecule is CC(C)C[C@H]1NC(=O)[C@@H](Cc2c[nH]c3ccccc23)NC(=O)[C@@H](C)NC(=O)[C@@H](C(C)C)NC(=O)[C@@H](NC(=O)COCCOCCOCCNC(=O)CCCC[C@H]2SC[C@H]3NC(=O)N[C@H]32)Cc2cn(nn2)CCCC[C@@H](C(N)=O)NC(=O)CNC1=O. The van der Waals surface area contributed by atoms with Crippen molar-refractivity contribution < 1.29 is 62.2 Å². The fraction of sp³-hybridized carbons (Fsp3) is 0.643. The maximum atomic E-state index is 14.3. The van der Waals surface area contributed by atoms with Crippen LogP contribution in [0, 0.1) is 11.8 Å². The molecule has 2 fully saturated rings. The molecule has 85 heavy (non-hydrogen) atoms. The quantitative estimate of drug-likeness (QED) is 0.0394. The van der Waals surface area contributed by atoms with Gasteiger partial charge < -0.3 is 78.1 Å². The number of rotatable bonds is 23. The summed E-state index contributed by atoms with van der Waals surface area (Å²) in [6, 6.07) is 0.290. The molecule has 2 saturated heterocycles. The predicted molar refractivity (Wildman–Crippen MR) is 313 cm³/mol. The van der Waals surface area contributed by atoms with E-state index in [1.165, 1.54) is 11.6 Å². The van der Waals surface area contributed by atoms with Gasteiger partial charge in [-0.05, 0) is 68.9 Å². The number of benzene rings is 1. The number of carbonyl (C=O) groups excluding carboxylic acids is 10. The van der Waals surface area contributed by atoms with Crippen LogP contribution in [0.25, 0.3) is 10.9 Å². The molecule has 9 atom stereocenters. The van der Waals surface area contributed by atoms with Gasteiger partial charge in [0, 0.05) is 66.7 Å². The van der Waals surface area contributed by atoms with Crippen LogP contribution in [-0.2, 0) is 76.7 Å². The Morgan fingerprint density at radius 3 is 2.29 bits per heavy atom. The number of hydrogen-bond acceptors (Lipinski definition) is 16. The Morgan fingerprint density at radius 2 is 1.54 bits per heavy atom. The number of H-pyrrole nitrogens is 1. The molecule has 2 aromatic heterocycles. The number of nitrogens with zero attached hydrogens (tertiary/aromatic N) is 3. The highest BCUT2D eigenvalue weighted by molar-refractivity contribution is 8.00. The molecule has 11 amide bonds. The predicted octanol–water partition coefficient (Wildman–Crippen LogP) is -1.15. The largest absolute Gasteiger partial charge is 0.377 e. The van der Waals surface area contributed by atoms with E-state index in [4.69, 9.17) is 19.9 Å². The second kappa shape index (κ2) is 33.9. The van der Waals surface area contributed by atoms with Crippen molar-refractivity contribution in [2.45, 2.75) is 159 Å². The van der Waals surface area contributed by atoms with Gasteiger partial charge in [-0.1, -0.05) is 57.5 Å². The molecule has 0 aliphatic carbocycles. The number of aromatic nitrogens is 4. The number of unbranched alkanes of at least 4 members (excludes halogenated alkanes) is 1. The monoisotopic (exact) mass is 1210 g/mol. The Balaban J connectivity index is 1.03. The number of aryl methyl sites for hydroxylation is 1. The smallest absolute Gasteiger partial charge is 0.315 e. The minimum absolute atomic E-state index is 0.0265. The summed E-state index contributed by atoms with van der Waals surface area (Å²) in [5.74, 6) is -5.59. The van der Waals surface area contributed by atoms with Crippen LogP contribution in [0.15, 0.2) is 36.7 Å². The van der Waals surface area contributed by atoms with E-state index in [0.717, 1.165) is 35.9 Å². The van der Waals surface area contributed by atoms with Gasteiger partial charge in [0.25, 0.3) is 0 Å². The van der Waals surface area contributed by atoms with Crippen molar-refractivity contribution in [1.82, 2.24) is 73.1 Å². The van der Waals surface area contributed by atoms with Crippen molar-refractivity contribution in [1.29, 1.82) is 0 Å². The Kier molecular flexibility index (Phi) is 26.7. The average molecular weight is 1210 g/mol. The van der Waals surface area contributed by atoms with Crippen molar-refractivity contribution in [2.24, 2.45) is 17.6 Å². The third-order valence-electron chi connectivity index (χ3n) is 14.6.